The van der Waals surface area contributed by atoms with Gasteiger partial charge in [0.25, 0.3) is 0 Å². The maximum absolute atomic E-state index is 12.7. The Morgan fingerprint density at radius 3 is 1.44 bits per heavy atom. The fourth-order valence-electron chi connectivity index (χ4n) is 6.97. The van der Waals surface area contributed by atoms with Gasteiger partial charge in [0.1, 0.15) is 19.3 Å². The van der Waals surface area contributed by atoms with Crippen molar-refractivity contribution in [2.24, 2.45) is 0 Å². The van der Waals surface area contributed by atoms with E-state index in [9.17, 15) is 14.3 Å². The van der Waals surface area contributed by atoms with Crippen LogP contribution in [0.3, 0.4) is 0 Å². The van der Waals surface area contributed by atoms with Crippen molar-refractivity contribution in [2.45, 2.75) is 225 Å². The number of hydrogen-bond acceptors (Lipinski definition) is 6. The van der Waals surface area contributed by atoms with E-state index in [2.05, 4.69) is 62.5 Å². The van der Waals surface area contributed by atoms with E-state index in [1.54, 1.807) is 0 Å². The molecular formula is C52H99NO7P+. The van der Waals surface area contributed by atoms with Crippen LogP contribution in [0.1, 0.15) is 219 Å². The van der Waals surface area contributed by atoms with Gasteiger partial charge >= 0.3 is 13.8 Å². The Bertz CT molecular complexity index is 1120. The number of ether oxygens (including phenoxy) is 2. The number of phosphoric ester groups is 1. The third-order valence-electron chi connectivity index (χ3n) is 10.9. The Morgan fingerprint density at radius 1 is 0.525 bits per heavy atom. The number of unbranched alkanes of at least 4 members (excludes halogenated alkanes) is 25. The molecule has 61 heavy (non-hydrogen) atoms. The highest BCUT2D eigenvalue weighted by Gasteiger charge is 2.26. The summed E-state index contributed by atoms with van der Waals surface area (Å²) in [5.41, 5.74) is 0. The lowest BCUT2D eigenvalue weighted by Crippen LogP contribution is -2.37. The summed E-state index contributed by atoms with van der Waals surface area (Å²) in [7, 11) is 1.66. The van der Waals surface area contributed by atoms with Gasteiger partial charge in [0.2, 0.25) is 0 Å². The van der Waals surface area contributed by atoms with Crippen LogP contribution in [0.25, 0.3) is 0 Å². The average Bonchev–Trinajstić information content (AvgIpc) is 3.22. The van der Waals surface area contributed by atoms with Gasteiger partial charge in [-0.1, -0.05) is 191 Å². The molecule has 0 spiro atoms. The van der Waals surface area contributed by atoms with Crippen molar-refractivity contribution in [3.63, 3.8) is 0 Å². The Kier molecular flexibility index (Phi) is 43.9. The fourth-order valence-corrected chi connectivity index (χ4v) is 7.72. The molecule has 0 bridgehead atoms. The topological polar surface area (TPSA) is 91.3 Å². The number of phosphoric acid groups is 1. The second-order valence-corrected chi connectivity index (χ2v) is 19.6. The predicted octanol–water partition coefficient (Wildman–Crippen LogP) is 15.5. The molecule has 1 N–H and O–H groups in total. The van der Waals surface area contributed by atoms with Crippen molar-refractivity contribution < 1.29 is 37.3 Å². The highest BCUT2D eigenvalue weighted by atomic mass is 31.2. The second-order valence-electron chi connectivity index (χ2n) is 18.2. The summed E-state index contributed by atoms with van der Waals surface area (Å²) in [6.45, 7) is 5.51. The number of carbonyl (C=O) groups excluding carboxylic acids is 1. The minimum Gasteiger partial charge on any atom is -0.457 e. The first kappa shape index (κ1) is 59.5. The summed E-state index contributed by atoms with van der Waals surface area (Å²) < 4.78 is 35.1. The molecule has 358 valence electrons. The Labute approximate surface area is 378 Å². The first-order valence-electron chi connectivity index (χ1n) is 25.4. The third kappa shape index (κ3) is 49.3. The van der Waals surface area contributed by atoms with E-state index < -0.39 is 13.9 Å². The van der Waals surface area contributed by atoms with Crippen molar-refractivity contribution in [2.75, 3.05) is 54.1 Å². The molecule has 0 rings (SSSR count). The molecule has 0 radical (unpaired) electrons. The zero-order valence-corrected chi connectivity index (χ0v) is 41.5. The Balaban J connectivity index is 4.10. The quantitative estimate of drug-likeness (QED) is 0.0214. The van der Waals surface area contributed by atoms with E-state index in [0.29, 0.717) is 24.1 Å². The van der Waals surface area contributed by atoms with E-state index >= 15 is 0 Å². The molecule has 8 nitrogen and oxygen atoms in total. The van der Waals surface area contributed by atoms with Gasteiger partial charge in [-0.3, -0.25) is 13.8 Å². The molecule has 0 aliphatic heterocycles. The van der Waals surface area contributed by atoms with Crippen molar-refractivity contribution >= 4 is 13.8 Å². The summed E-state index contributed by atoms with van der Waals surface area (Å²) in [5, 5.41) is 0. The van der Waals surface area contributed by atoms with E-state index in [0.717, 1.165) is 70.6 Å². The van der Waals surface area contributed by atoms with Crippen LogP contribution in [0.4, 0.5) is 0 Å². The van der Waals surface area contributed by atoms with E-state index in [-0.39, 0.29) is 25.8 Å². The minimum absolute atomic E-state index is 0.0841. The summed E-state index contributed by atoms with van der Waals surface area (Å²) in [6, 6.07) is 0. The molecule has 2 atom stereocenters. The van der Waals surface area contributed by atoms with Gasteiger partial charge in [-0.25, -0.2) is 4.57 Å². The smallest absolute Gasteiger partial charge is 0.457 e. The van der Waals surface area contributed by atoms with Gasteiger partial charge in [-0.05, 0) is 70.6 Å². The van der Waals surface area contributed by atoms with Crippen molar-refractivity contribution in [1.29, 1.82) is 0 Å². The second kappa shape index (κ2) is 45.0. The Hall–Kier alpha value is -1.54. The molecule has 9 heteroatoms. The van der Waals surface area contributed by atoms with E-state index in [1.807, 2.05) is 21.1 Å². The summed E-state index contributed by atoms with van der Waals surface area (Å²) >= 11 is 0. The van der Waals surface area contributed by atoms with Crippen LogP contribution in [0, 0.1) is 0 Å². The molecule has 0 fully saturated rings. The van der Waals surface area contributed by atoms with Crippen LogP contribution in [-0.4, -0.2) is 75.6 Å². The average molecular weight is 881 g/mol. The van der Waals surface area contributed by atoms with Gasteiger partial charge in [0.15, 0.2) is 0 Å². The van der Waals surface area contributed by atoms with E-state index in [4.69, 9.17) is 18.5 Å². The highest BCUT2D eigenvalue weighted by Crippen LogP contribution is 2.43. The maximum Gasteiger partial charge on any atom is 0.472 e. The van der Waals surface area contributed by atoms with Crippen molar-refractivity contribution in [3.05, 3.63) is 48.6 Å². The predicted molar refractivity (Wildman–Crippen MR) is 261 cm³/mol. The van der Waals surface area contributed by atoms with Crippen molar-refractivity contribution in [3.8, 4) is 0 Å². The molecular weight excluding hydrogens is 782 g/mol. The van der Waals surface area contributed by atoms with Gasteiger partial charge in [-0.2, -0.15) is 0 Å². The molecule has 0 saturated heterocycles. The zero-order chi connectivity index (χ0) is 44.8. The van der Waals surface area contributed by atoms with Crippen LogP contribution < -0.4 is 0 Å². The number of allylic oxidation sites excluding steroid dienone is 8. The Morgan fingerprint density at radius 2 is 0.951 bits per heavy atom. The minimum atomic E-state index is -4.28. The normalized spacial score (nSPS) is 14.0. The largest absolute Gasteiger partial charge is 0.472 e. The maximum atomic E-state index is 12.7. The van der Waals surface area contributed by atoms with Gasteiger partial charge < -0.3 is 18.9 Å². The van der Waals surface area contributed by atoms with E-state index in [1.165, 1.54) is 128 Å². The van der Waals surface area contributed by atoms with Crippen molar-refractivity contribution in [1.82, 2.24) is 0 Å². The number of hydrogen-bond donors (Lipinski definition) is 1. The molecule has 0 amide bonds. The standard InChI is InChI=1S/C52H98NO7P/c1-6-8-10-12-14-16-18-20-22-23-24-25-26-27-28-29-30-32-34-36-38-40-42-44-47-57-49-51(50-59-61(55,56)58-48-46-53(3,4)5)60-52(54)45-43-41-39-37-35-33-31-21-19-17-15-13-11-9-7-2/h9,11,15,17,21,23-24,31,51H,6-8,10,12-14,16,18-20,22,25-30,32-50H2,1-5H3/p+1/b11-9-,17-15-,24-23-,31-21-. The number of esters is 1. The highest BCUT2D eigenvalue weighted by molar-refractivity contribution is 7.47. The van der Waals surface area contributed by atoms with Crippen LogP contribution in [0.2, 0.25) is 0 Å². The van der Waals surface area contributed by atoms with Gasteiger partial charge in [0, 0.05) is 13.0 Å². The fraction of sp³-hybridized carbons (Fsp3) is 0.827. The first-order valence-corrected chi connectivity index (χ1v) is 26.9. The monoisotopic (exact) mass is 881 g/mol. The summed E-state index contributed by atoms with van der Waals surface area (Å²) in [4.78, 5) is 23.0. The van der Waals surface area contributed by atoms with Crippen LogP contribution in [0.5, 0.6) is 0 Å². The number of nitrogens with zero attached hydrogens (tertiary/aromatic N) is 1. The number of quaternary nitrogens is 1. The van der Waals surface area contributed by atoms with Gasteiger partial charge in [0.05, 0.1) is 34.4 Å². The van der Waals surface area contributed by atoms with Crippen LogP contribution in [-0.2, 0) is 27.9 Å². The van der Waals surface area contributed by atoms with Gasteiger partial charge in [-0.15, -0.1) is 0 Å². The molecule has 0 heterocycles. The summed E-state index contributed by atoms with van der Waals surface area (Å²) in [6.07, 6.45) is 55.9. The third-order valence-corrected chi connectivity index (χ3v) is 11.9. The van der Waals surface area contributed by atoms with Crippen LogP contribution in [0.15, 0.2) is 48.6 Å². The lowest BCUT2D eigenvalue weighted by molar-refractivity contribution is -0.870. The SMILES string of the molecule is CC/C=C\C/C=C\C/C=C\CCCCCCCC(=O)OC(COCCCCCCCCCCCCCC/C=C\CCCCCCCCCC)COP(=O)(O)OCC[N+](C)(C)C. The zero-order valence-electron chi connectivity index (χ0n) is 40.7. The molecule has 0 aliphatic rings. The molecule has 0 saturated carbocycles. The molecule has 0 aromatic rings. The number of rotatable bonds is 47. The number of carbonyl (C=O) groups is 1. The molecule has 0 aromatic heterocycles. The lowest BCUT2D eigenvalue weighted by Gasteiger charge is -2.24. The molecule has 0 aromatic carbocycles. The first-order chi connectivity index (χ1) is 29.6. The number of likely N-dealkylation sites (N-methyl/N-ethyl adjacent to an activating group) is 1. The molecule has 0 aliphatic carbocycles. The molecule has 2 unspecified atom stereocenters. The summed E-state index contributed by atoms with van der Waals surface area (Å²) in [5.74, 6) is -0.329. The van der Waals surface area contributed by atoms with Crippen LogP contribution >= 0.6 is 7.82 Å². The lowest BCUT2D eigenvalue weighted by atomic mass is 10.0.